The lowest BCUT2D eigenvalue weighted by atomic mass is 9.79. The first-order valence-electron chi connectivity index (χ1n) is 9.90. The minimum atomic E-state index is -0.493. The Labute approximate surface area is 167 Å². The summed E-state index contributed by atoms with van der Waals surface area (Å²) in [7, 11) is 1.91. The summed E-state index contributed by atoms with van der Waals surface area (Å²) in [4.78, 5) is 2.32. The van der Waals surface area contributed by atoms with Crippen LogP contribution in [0.15, 0.2) is 91.0 Å². The van der Waals surface area contributed by atoms with Gasteiger partial charge in [0.05, 0.1) is 12.7 Å². The summed E-state index contributed by atoms with van der Waals surface area (Å²) in [6, 6.07) is 31.7. The van der Waals surface area contributed by atoms with Crippen LogP contribution in [-0.2, 0) is 21.6 Å². The molecular formula is C24H23BNO2. The van der Waals surface area contributed by atoms with Gasteiger partial charge in [-0.3, -0.25) is 0 Å². The van der Waals surface area contributed by atoms with Crippen molar-refractivity contribution in [2.45, 2.75) is 30.8 Å². The van der Waals surface area contributed by atoms with Gasteiger partial charge >= 0.3 is 7.62 Å². The Morgan fingerprint density at radius 1 is 0.857 bits per heavy atom. The number of benzene rings is 3. The van der Waals surface area contributed by atoms with Crippen LogP contribution in [0.3, 0.4) is 0 Å². The normalized spacial score (nSPS) is 23.3. The van der Waals surface area contributed by atoms with Crippen molar-refractivity contribution in [1.29, 1.82) is 0 Å². The number of hydrogen-bond donors (Lipinski definition) is 0. The Morgan fingerprint density at radius 2 is 1.43 bits per heavy atom. The van der Waals surface area contributed by atoms with Gasteiger partial charge in [-0.15, -0.1) is 0 Å². The molecule has 0 bridgehead atoms. The van der Waals surface area contributed by atoms with Gasteiger partial charge in [0.25, 0.3) is 0 Å². The van der Waals surface area contributed by atoms with E-state index in [1.165, 1.54) is 16.7 Å². The third kappa shape index (κ3) is 3.08. The molecule has 5 rings (SSSR count). The van der Waals surface area contributed by atoms with Crippen molar-refractivity contribution in [2.75, 3.05) is 6.54 Å². The molecule has 2 atom stereocenters. The van der Waals surface area contributed by atoms with E-state index in [-0.39, 0.29) is 12.1 Å². The predicted molar refractivity (Wildman–Crippen MR) is 111 cm³/mol. The minimum Gasteiger partial charge on any atom is -0.409 e. The molecule has 2 aliphatic rings. The van der Waals surface area contributed by atoms with Crippen LogP contribution < -0.4 is 0 Å². The Balaban J connectivity index is 1.42. The molecule has 0 aromatic heterocycles. The van der Waals surface area contributed by atoms with E-state index in [0.717, 1.165) is 13.0 Å². The zero-order chi connectivity index (χ0) is 18.8. The number of fused-ring (bicyclic) bond motifs is 1. The van der Waals surface area contributed by atoms with E-state index in [9.17, 15) is 0 Å². The van der Waals surface area contributed by atoms with Gasteiger partial charge in [-0.1, -0.05) is 91.0 Å². The largest absolute Gasteiger partial charge is 0.409 e. The summed E-state index contributed by atoms with van der Waals surface area (Å²) in [6.07, 6.45) is 1.13. The van der Waals surface area contributed by atoms with E-state index in [2.05, 4.69) is 89.7 Å². The maximum atomic E-state index is 6.44. The number of ether oxygens (including phenoxy) is 1. The van der Waals surface area contributed by atoms with E-state index in [4.69, 9.17) is 9.39 Å². The highest BCUT2D eigenvalue weighted by molar-refractivity contribution is 6.25. The topological polar surface area (TPSA) is 21.7 Å². The molecule has 4 heteroatoms. The number of hydrogen-bond acceptors (Lipinski definition) is 3. The van der Waals surface area contributed by atoms with Gasteiger partial charge in [0, 0.05) is 12.6 Å². The summed E-state index contributed by atoms with van der Waals surface area (Å²) in [5.41, 5.74) is 3.10. The molecular weight excluding hydrogens is 345 g/mol. The van der Waals surface area contributed by atoms with E-state index in [1.807, 2.05) is 13.7 Å². The highest BCUT2D eigenvalue weighted by Gasteiger charge is 2.55. The molecule has 2 heterocycles. The van der Waals surface area contributed by atoms with Crippen molar-refractivity contribution < 1.29 is 9.39 Å². The van der Waals surface area contributed by atoms with Gasteiger partial charge in [-0.25, -0.2) is 0 Å². The number of rotatable bonds is 5. The third-order valence-electron chi connectivity index (χ3n) is 5.88. The molecule has 1 radical (unpaired) electrons. The van der Waals surface area contributed by atoms with Crippen LogP contribution in [0, 0.1) is 0 Å². The van der Waals surface area contributed by atoms with Crippen molar-refractivity contribution in [1.82, 2.24) is 4.81 Å². The monoisotopic (exact) mass is 368 g/mol. The van der Waals surface area contributed by atoms with Crippen molar-refractivity contribution in [3.8, 4) is 0 Å². The quantitative estimate of drug-likeness (QED) is 0.632. The summed E-state index contributed by atoms with van der Waals surface area (Å²) >= 11 is 0. The lowest BCUT2D eigenvalue weighted by molar-refractivity contribution is 0.0386. The van der Waals surface area contributed by atoms with Crippen LogP contribution in [0.5, 0.6) is 0 Å². The second-order valence-electron chi connectivity index (χ2n) is 7.56. The highest BCUT2D eigenvalue weighted by atomic mass is 16.5. The molecule has 0 aliphatic carbocycles. The van der Waals surface area contributed by atoms with Gasteiger partial charge < -0.3 is 14.2 Å². The Morgan fingerprint density at radius 3 is 2.04 bits per heavy atom. The molecule has 0 saturated carbocycles. The predicted octanol–water partition coefficient (Wildman–Crippen LogP) is 4.15. The molecule has 28 heavy (non-hydrogen) atoms. The number of nitrogens with zero attached hydrogens (tertiary/aromatic N) is 1. The second kappa shape index (κ2) is 7.55. The summed E-state index contributed by atoms with van der Waals surface area (Å²) in [5.74, 6) is 0. The third-order valence-corrected chi connectivity index (χ3v) is 5.88. The van der Waals surface area contributed by atoms with E-state index < -0.39 is 5.60 Å². The fraction of sp³-hybridized carbons (Fsp3) is 0.250. The average molecular weight is 368 g/mol. The first-order valence-corrected chi connectivity index (χ1v) is 9.90. The van der Waals surface area contributed by atoms with Gasteiger partial charge in [-0.05, 0) is 23.1 Å². The van der Waals surface area contributed by atoms with Crippen LogP contribution in [0.2, 0.25) is 0 Å². The SMILES string of the molecule is [B]1OC(c2ccccc2)(c2ccccc2)[C@@H]2C[C@@H](OCc3ccccc3)CN12. The molecule has 2 saturated heterocycles. The van der Waals surface area contributed by atoms with E-state index >= 15 is 0 Å². The molecule has 2 fully saturated rings. The summed E-state index contributed by atoms with van der Waals surface area (Å²) in [6.45, 7) is 1.51. The smallest absolute Gasteiger partial charge is 0.400 e. The van der Waals surface area contributed by atoms with Gasteiger partial charge in [0.15, 0.2) is 0 Å². The second-order valence-corrected chi connectivity index (χ2v) is 7.56. The Hall–Kier alpha value is -2.40. The molecule has 0 spiro atoms. The fourth-order valence-corrected chi connectivity index (χ4v) is 4.53. The Bertz CT molecular complexity index is 864. The average Bonchev–Trinajstić information content (AvgIpc) is 3.34. The molecule has 3 aromatic rings. The summed E-state index contributed by atoms with van der Waals surface area (Å²) in [5, 5.41) is 0. The molecule has 2 aliphatic heterocycles. The maximum absolute atomic E-state index is 6.44. The van der Waals surface area contributed by atoms with Crippen LogP contribution >= 0.6 is 0 Å². The van der Waals surface area contributed by atoms with Crippen LogP contribution in [0.4, 0.5) is 0 Å². The highest BCUT2D eigenvalue weighted by Crippen LogP contribution is 2.47. The van der Waals surface area contributed by atoms with E-state index in [1.54, 1.807) is 0 Å². The molecule has 0 amide bonds. The molecule has 3 nitrogen and oxygen atoms in total. The first kappa shape index (κ1) is 17.7. The summed E-state index contributed by atoms with van der Waals surface area (Å²) < 4.78 is 12.7. The molecule has 0 N–H and O–H groups in total. The van der Waals surface area contributed by atoms with E-state index in [0.29, 0.717) is 6.61 Å². The standard InChI is InChI=1S/C24H23BNO2/c1-4-10-19(11-5-1)18-27-22-16-23-24(28-25-26(23)17-22,20-12-6-2-7-13-20)21-14-8-3-9-15-21/h1-15,22-23H,16-18H2/t22-,23+/m1/s1. The van der Waals surface area contributed by atoms with Crippen molar-refractivity contribution in [3.63, 3.8) is 0 Å². The fourth-order valence-electron chi connectivity index (χ4n) is 4.53. The van der Waals surface area contributed by atoms with Crippen LogP contribution in [-0.4, -0.2) is 31.1 Å². The van der Waals surface area contributed by atoms with Crippen molar-refractivity contribution in [3.05, 3.63) is 108 Å². The minimum absolute atomic E-state index is 0.192. The van der Waals surface area contributed by atoms with Gasteiger partial charge in [0.1, 0.15) is 5.60 Å². The van der Waals surface area contributed by atoms with Gasteiger partial charge in [0.2, 0.25) is 0 Å². The molecule has 3 aromatic carbocycles. The lowest BCUT2D eigenvalue weighted by Crippen LogP contribution is -2.40. The van der Waals surface area contributed by atoms with Crippen LogP contribution in [0.1, 0.15) is 23.1 Å². The van der Waals surface area contributed by atoms with Gasteiger partial charge in [-0.2, -0.15) is 0 Å². The zero-order valence-corrected chi connectivity index (χ0v) is 15.8. The molecule has 0 unspecified atom stereocenters. The van der Waals surface area contributed by atoms with Crippen molar-refractivity contribution in [2.24, 2.45) is 0 Å². The lowest BCUT2D eigenvalue weighted by Gasteiger charge is -2.36. The first-order chi connectivity index (χ1) is 13.9. The zero-order valence-electron chi connectivity index (χ0n) is 15.8. The van der Waals surface area contributed by atoms with Crippen LogP contribution in [0.25, 0.3) is 0 Å². The van der Waals surface area contributed by atoms with Crippen molar-refractivity contribution >= 4 is 7.62 Å². The molecule has 139 valence electrons. The maximum Gasteiger partial charge on any atom is 0.400 e. The Kier molecular flexibility index (Phi) is 4.77.